The molecule has 4 rings (SSSR count). The normalized spacial score (nSPS) is 14.0. The van der Waals surface area contributed by atoms with Crippen molar-refractivity contribution in [3.8, 4) is 6.07 Å². The molecule has 1 aliphatic rings. The van der Waals surface area contributed by atoms with E-state index in [-0.39, 0.29) is 17.6 Å². The molecule has 1 amide bonds. The second-order valence-corrected chi connectivity index (χ2v) is 6.78. The Hall–Kier alpha value is -3.64. The molecule has 0 radical (unpaired) electrons. The number of carbonyl (C=O) groups excluding carboxylic acids is 1. The fourth-order valence-electron chi connectivity index (χ4n) is 3.43. The number of anilines is 2. The number of fused-ring (bicyclic) bond motifs is 1. The number of morpholine rings is 1. The average Bonchev–Trinajstić information content (AvgIpc) is 3.19. The highest BCUT2D eigenvalue weighted by atomic mass is 16.5. The largest absolute Gasteiger partial charge is 0.378 e. The Morgan fingerprint density at radius 3 is 2.69 bits per heavy atom. The van der Waals surface area contributed by atoms with Crippen LogP contribution in [0.3, 0.4) is 0 Å². The number of nitrogens with one attached hydrogen (secondary N) is 1. The van der Waals surface area contributed by atoms with E-state index in [1.165, 1.54) is 15.3 Å². The lowest BCUT2D eigenvalue weighted by Gasteiger charge is -2.28. The van der Waals surface area contributed by atoms with Gasteiger partial charge in [-0.3, -0.25) is 14.2 Å². The summed E-state index contributed by atoms with van der Waals surface area (Å²) in [6.07, 6.45) is 2.93. The summed E-state index contributed by atoms with van der Waals surface area (Å²) in [6, 6.07) is 9.50. The van der Waals surface area contributed by atoms with Crippen molar-refractivity contribution in [2.75, 3.05) is 36.5 Å². The number of ether oxygens (including phenoxy) is 1. The molecule has 29 heavy (non-hydrogen) atoms. The van der Waals surface area contributed by atoms with Crippen LogP contribution in [-0.4, -0.2) is 46.4 Å². The molecule has 0 atom stereocenters. The molecule has 1 N–H and O–H groups in total. The van der Waals surface area contributed by atoms with Crippen molar-refractivity contribution in [3.05, 3.63) is 58.3 Å². The molecule has 9 nitrogen and oxygen atoms in total. The van der Waals surface area contributed by atoms with Crippen molar-refractivity contribution in [1.82, 2.24) is 14.2 Å². The summed E-state index contributed by atoms with van der Waals surface area (Å²) in [5.74, 6) is -0.426. The van der Waals surface area contributed by atoms with Gasteiger partial charge in [-0.25, -0.2) is 4.52 Å². The molecule has 1 saturated heterocycles. The Labute approximate surface area is 166 Å². The number of nitrogens with zero attached hydrogens (tertiary/aromatic N) is 5. The van der Waals surface area contributed by atoms with Crippen LogP contribution in [0.1, 0.15) is 16.1 Å². The van der Waals surface area contributed by atoms with Crippen molar-refractivity contribution >= 4 is 22.8 Å². The molecule has 1 aromatic carbocycles. The highest BCUT2D eigenvalue weighted by Gasteiger charge is 2.19. The number of rotatable bonds is 4. The summed E-state index contributed by atoms with van der Waals surface area (Å²) < 4.78 is 8.07. The third-order valence-electron chi connectivity index (χ3n) is 4.90. The summed E-state index contributed by atoms with van der Waals surface area (Å²) in [5, 5.41) is 15.9. The predicted molar refractivity (Wildman–Crippen MR) is 107 cm³/mol. The van der Waals surface area contributed by atoms with E-state index in [1.54, 1.807) is 13.1 Å². The van der Waals surface area contributed by atoms with Gasteiger partial charge >= 0.3 is 0 Å². The molecular formula is C20H20N6O3. The number of aryl methyl sites for hydroxylation is 1. The van der Waals surface area contributed by atoms with Gasteiger partial charge in [-0.05, 0) is 31.2 Å². The van der Waals surface area contributed by atoms with Crippen LogP contribution < -0.4 is 15.8 Å². The zero-order chi connectivity index (χ0) is 20.4. The Morgan fingerprint density at radius 2 is 2.00 bits per heavy atom. The minimum atomic E-state index is -0.428. The minimum Gasteiger partial charge on any atom is -0.378 e. The SMILES string of the molecule is Cc1cn(CC#N)c(=O)c2c(C(=O)Nc3ccc(N4CCOCC4)cc3)cnn12. The van der Waals surface area contributed by atoms with Gasteiger partial charge in [0.05, 0.1) is 36.7 Å². The van der Waals surface area contributed by atoms with Crippen molar-refractivity contribution in [2.24, 2.45) is 0 Å². The van der Waals surface area contributed by atoms with Crippen molar-refractivity contribution < 1.29 is 9.53 Å². The van der Waals surface area contributed by atoms with E-state index in [2.05, 4.69) is 15.3 Å². The smallest absolute Gasteiger partial charge is 0.278 e. The van der Waals surface area contributed by atoms with Crippen LogP contribution in [0, 0.1) is 18.3 Å². The molecule has 148 valence electrons. The lowest BCUT2D eigenvalue weighted by Crippen LogP contribution is -2.36. The Bertz CT molecular complexity index is 1150. The van der Waals surface area contributed by atoms with E-state index in [0.29, 0.717) is 24.6 Å². The highest BCUT2D eigenvalue weighted by Crippen LogP contribution is 2.20. The third kappa shape index (κ3) is 3.58. The predicted octanol–water partition coefficient (Wildman–Crippen LogP) is 1.42. The summed E-state index contributed by atoms with van der Waals surface area (Å²) in [5.41, 5.74) is 2.24. The van der Waals surface area contributed by atoms with E-state index < -0.39 is 11.5 Å². The van der Waals surface area contributed by atoms with Crippen LogP contribution in [0.2, 0.25) is 0 Å². The van der Waals surface area contributed by atoms with Crippen LogP contribution in [0.5, 0.6) is 0 Å². The number of hydrogen-bond acceptors (Lipinski definition) is 6. The maximum atomic E-state index is 12.8. The molecule has 0 bridgehead atoms. The van der Waals surface area contributed by atoms with Crippen LogP contribution in [0.4, 0.5) is 11.4 Å². The van der Waals surface area contributed by atoms with Crippen molar-refractivity contribution in [1.29, 1.82) is 5.26 Å². The first kappa shape index (κ1) is 18.7. The van der Waals surface area contributed by atoms with Crippen LogP contribution in [0.25, 0.3) is 5.52 Å². The Morgan fingerprint density at radius 1 is 1.28 bits per heavy atom. The monoisotopic (exact) mass is 392 g/mol. The fourth-order valence-corrected chi connectivity index (χ4v) is 3.43. The molecule has 1 aliphatic heterocycles. The van der Waals surface area contributed by atoms with Crippen molar-refractivity contribution in [2.45, 2.75) is 13.5 Å². The topological polar surface area (TPSA) is 105 Å². The van der Waals surface area contributed by atoms with Gasteiger partial charge in [-0.1, -0.05) is 0 Å². The van der Waals surface area contributed by atoms with Crippen LogP contribution in [-0.2, 0) is 11.3 Å². The fraction of sp³-hybridized carbons (Fsp3) is 0.300. The van der Waals surface area contributed by atoms with Gasteiger partial charge in [0.25, 0.3) is 11.5 Å². The van der Waals surface area contributed by atoms with Gasteiger partial charge in [0.15, 0.2) is 0 Å². The average molecular weight is 392 g/mol. The number of carbonyl (C=O) groups is 1. The first-order valence-electron chi connectivity index (χ1n) is 9.27. The molecule has 0 unspecified atom stereocenters. The first-order valence-corrected chi connectivity index (χ1v) is 9.27. The van der Waals surface area contributed by atoms with Gasteiger partial charge in [0.2, 0.25) is 0 Å². The number of aromatic nitrogens is 3. The maximum Gasteiger partial charge on any atom is 0.278 e. The number of amides is 1. The minimum absolute atomic E-state index is 0.0919. The molecule has 3 aromatic rings. The molecule has 0 saturated carbocycles. The highest BCUT2D eigenvalue weighted by molar-refractivity contribution is 6.08. The lowest BCUT2D eigenvalue weighted by atomic mass is 10.2. The first-order chi connectivity index (χ1) is 14.1. The molecule has 0 spiro atoms. The number of benzene rings is 1. The van der Waals surface area contributed by atoms with Gasteiger partial charge in [0.1, 0.15) is 12.1 Å². The van der Waals surface area contributed by atoms with Gasteiger partial charge in [-0.2, -0.15) is 10.4 Å². The molecule has 2 aromatic heterocycles. The zero-order valence-electron chi connectivity index (χ0n) is 16.0. The summed E-state index contributed by atoms with van der Waals surface area (Å²) in [7, 11) is 0. The standard InChI is InChI=1S/C20H20N6O3/c1-14-13-25(7-6-21)20(28)18-17(12-22-26(14)18)19(27)23-15-2-4-16(5-3-15)24-8-10-29-11-9-24/h2-5,12-13H,7-11H2,1H3,(H,23,27). The summed E-state index contributed by atoms with van der Waals surface area (Å²) in [6.45, 7) is 4.75. The third-order valence-corrected chi connectivity index (χ3v) is 4.90. The molecule has 1 fully saturated rings. The van der Waals surface area contributed by atoms with E-state index in [9.17, 15) is 9.59 Å². The van der Waals surface area contributed by atoms with Gasteiger partial charge in [-0.15, -0.1) is 0 Å². The molecule has 3 heterocycles. The van der Waals surface area contributed by atoms with E-state index in [1.807, 2.05) is 30.3 Å². The van der Waals surface area contributed by atoms with Gasteiger partial charge in [0, 0.05) is 30.7 Å². The van der Waals surface area contributed by atoms with Crippen LogP contribution >= 0.6 is 0 Å². The van der Waals surface area contributed by atoms with E-state index in [0.717, 1.165) is 18.8 Å². The second kappa shape index (κ2) is 7.77. The molecule has 9 heteroatoms. The Kier molecular flexibility index (Phi) is 5.01. The zero-order valence-corrected chi connectivity index (χ0v) is 16.0. The van der Waals surface area contributed by atoms with Crippen LogP contribution in [0.15, 0.2) is 41.5 Å². The molecule has 0 aliphatic carbocycles. The second-order valence-electron chi connectivity index (χ2n) is 6.78. The lowest BCUT2D eigenvalue weighted by molar-refractivity contribution is 0.102. The van der Waals surface area contributed by atoms with Crippen molar-refractivity contribution in [3.63, 3.8) is 0 Å². The quantitative estimate of drug-likeness (QED) is 0.720. The maximum absolute atomic E-state index is 12.8. The number of hydrogen-bond donors (Lipinski definition) is 1. The van der Waals surface area contributed by atoms with E-state index >= 15 is 0 Å². The van der Waals surface area contributed by atoms with Gasteiger partial charge < -0.3 is 15.0 Å². The summed E-state index contributed by atoms with van der Waals surface area (Å²) in [4.78, 5) is 27.7. The summed E-state index contributed by atoms with van der Waals surface area (Å²) >= 11 is 0. The Balaban J connectivity index is 1.59. The number of nitriles is 1. The van der Waals surface area contributed by atoms with E-state index in [4.69, 9.17) is 10.00 Å². The molecular weight excluding hydrogens is 372 g/mol.